The number of rotatable bonds is 10. The third-order valence-electron chi connectivity index (χ3n) is 9.34. The van der Waals surface area contributed by atoms with Crippen LogP contribution in [-0.4, -0.2) is 16.6 Å². The molecule has 0 aliphatic heterocycles. The molecule has 7 aromatic carbocycles. The van der Waals surface area contributed by atoms with E-state index in [9.17, 15) is 0 Å². The van der Waals surface area contributed by atoms with E-state index in [1.807, 2.05) is 0 Å². The van der Waals surface area contributed by atoms with Crippen molar-refractivity contribution in [1.29, 1.82) is 0 Å². The molecule has 0 N–H and O–H groups in total. The number of hydrogen-bond donors (Lipinski definition) is 0. The normalized spacial score (nSPS) is 11.9. The zero-order valence-corrected chi connectivity index (χ0v) is 28.4. The zero-order chi connectivity index (χ0) is 31.4. The van der Waals surface area contributed by atoms with Crippen molar-refractivity contribution >= 4 is 58.9 Å². The zero-order valence-electron chi connectivity index (χ0n) is 26.4. The maximum atomic E-state index is 7.63. The maximum Gasteiger partial charge on any atom is 0.314 e. The number of benzene rings is 7. The summed E-state index contributed by atoms with van der Waals surface area (Å²) in [7, 11) is -5.41. The predicted molar refractivity (Wildman–Crippen MR) is 199 cm³/mol. The molecule has 0 aromatic heterocycles. The van der Waals surface area contributed by atoms with Gasteiger partial charge in [-0.3, -0.25) is 0 Å². The Balaban J connectivity index is 1.50. The summed E-state index contributed by atoms with van der Waals surface area (Å²) in [4.78, 5) is 0. The summed E-state index contributed by atoms with van der Waals surface area (Å²) in [6.07, 6.45) is 0. The first-order chi connectivity index (χ1) is 22.7. The summed E-state index contributed by atoms with van der Waals surface area (Å²) in [6, 6.07) is 62.4. The fraction of sp³-hybridized carbons (Fsp3) is 0.0952. The lowest BCUT2D eigenvalue weighted by Gasteiger charge is -2.35. The molecule has 2 nitrogen and oxygen atoms in total. The summed E-state index contributed by atoms with van der Waals surface area (Å²) in [6.45, 7) is 4.55. The van der Waals surface area contributed by atoms with Crippen molar-refractivity contribution in [2.75, 3.05) is 0 Å². The Labute approximate surface area is 274 Å². The molecule has 0 aliphatic carbocycles. The lowest BCUT2D eigenvalue weighted by molar-refractivity contribution is 0.567. The average Bonchev–Trinajstić information content (AvgIpc) is 3.15. The summed E-state index contributed by atoms with van der Waals surface area (Å²) < 4.78 is 15.3. The summed E-state index contributed by atoms with van der Waals surface area (Å²) >= 11 is 0. The minimum Gasteiger partial charge on any atom is -0.534 e. The molecule has 0 amide bonds. The molecule has 0 heterocycles. The molecule has 0 saturated carbocycles. The van der Waals surface area contributed by atoms with Gasteiger partial charge in [0.1, 0.15) is 11.5 Å². The standard InChI is InChI=1S/C42H38O2Si2/c1-3-45(33-21-9-5-10-22-33,34-23-11-6-12-24-34)43-41-37-29-17-19-31-39(37)42(40-32-20-18-30-38(40)41)44-46(4-2,35-25-13-7-14-26-35)36-27-15-8-16-28-36/h5-32H,3-4H2,1-2H3. The van der Waals surface area contributed by atoms with E-state index in [1.54, 1.807) is 0 Å². The second-order valence-corrected chi connectivity index (χ2v) is 19.2. The van der Waals surface area contributed by atoms with Crippen LogP contribution < -0.4 is 29.6 Å². The third-order valence-corrected chi connectivity index (χ3v) is 17.5. The highest BCUT2D eigenvalue weighted by molar-refractivity contribution is 6.98. The van der Waals surface area contributed by atoms with Crippen LogP contribution in [0.4, 0.5) is 0 Å². The van der Waals surface area contributed by atoms with Gasteiger partial charge in [-0.15, -0.1) is 0 Å². The van der Waals surface area contributed by atoms with Crippen LogP contribution in [0, 0.1) is 0 Å². The number of fused-ring (bicyclic) bond motifs is 2. The largest absolute Gasteiger partial charge is 0.534 e. The van der Waals surface area contributed by atoms with Crippen molar-refractivity contribution in [2.24, 2.45) is 0 Å². The van der Waals surface area contributed by atoms with Crippen LogP contribution in [0.5, 0.6) is 11.5 Å². The third kappa shape index (κ3) is 5.14. The van der Waals surface area contributed by atoms with Gasteiger partial charge in [0.2, 0.25) is 0 Å². The molecule has 0 fully saturated rings. The second-order valence-electron chi connectivity index (χ2n) is 11.8. The first-order valence-corrected chi connectivity index (χ1v) is 20.5. The second kappa shape index (κ2) is 12.8. The fourth-order valence-electron chi connectivity index (χ4n) is 6.98. The van der Waals surface area contributed by atoms with Gasteiger partial charge in [-0.2, -0.15) is 0 Å². The van der Waals surface area contributed by atoms with Crippen molar-refractivity contribution < 1.29 is 8.85 Å². The first-order valence-electron chi connectivity index (χ1n) is 16.2. The molecule has 0 aliphatic rings. The van der Waals surface area contributed by atoms with Gasteiger partial charge in [-0.1, -0.05) is 184 Å². The molecule has 4 heteroatoms. The molecule has 7 rings (SSSR count). The highest BCUT2D eigenvalue weighted by atomic mass is 28.4. The van der Waals surface area contributed by atoms with Crippen LogP contribution in [-0.2, 0) is 0 Å². The Bertz CT molecular complexity index is 1780. The van der Waals surface area contributed by atoms with Crippen LogP contribution in [0.15, 0.2) is 170 Å². The van der Waals surface area contributed by atoms with E-state index in [0.717, 1.165) is 45.1 Å². The fourth-order valence-corrected chi connectivity index (χ4v) is 14.1. The lowest BCUT2D eigenvalue weighted by atomic mass is 10.0. The molecular formula is C42H38O2Si2. The van der Waals surface area contributed by atoms with Crippen molar-refractivity contribution in [3.8, 4) is 11.5 Å². The summed E-state index contributed by atoms with van der Waals surface area (Å²) in [5, 5.41) is 9.38. The molecule has 46 heavy (non-hydrogen) atoms. The molecule has 0 saturated heterocycles. The van der Waals surface area contributed by atoms with E-state index in [4.69, 9.17) is 8.85 Å². The molecule has 7 aromatic rings. The quantitative estimate of drug-likeness (QED) is 0.112. The van der Waals surface area contributed by atoms with Crippen molar-refractivity contribution in [3.63, 3.8) is 0 Å². The molecular weight excluding hydrogens is 593 g/mol. The molecule has 0 spiro atoms. The summed E-state index contributed by atoms with van der Waals surface area (Å²) in [5.41, 5.74) is 0. The van der Waals surface area contributed by atoms with Crippen LogP contribution in [0.25, 0.3) is 21.5 Å². The van der Waals surface area contributed by atoms with Gasteiger partial charge in [0.15, 0.2) is 0 Å². The predicted octanol–water partition coefficient (Wildman–Crippen LogP) is 8.31. The van der Waals surface area contributed by atoms with Gasteiger partial charge in [0, 0.05) is 21.5 Å². The Morgan fingerprint density at radius 1 is 0.326 bits per heavy atom. The van der Waals surface area contributed by atoms with E-state index in [1.165, 1.54) is 20.7 Å². The van der Waals surface area contributed by atoms with Gasteiger partial charge < -0.3 is 8.85 Å². The van der Waals surface area contributed by atoms with Crippen molar-refractivity contribution in [3.05, 3.63) is 170 Å². The Morgan fingerprint density at radius 2 is 0.543 bits per heavy atom. The van der Waals surface area contributed by atoms with E-state index < -0.39 is 16.6 Å². The van der Waals surface area contributed by atoms with Crippen LogP contribution in [0.2, 0.25) is 12.1 Å². The highest BCUT2D eigenvalue weighted by Gasteiger charge is 2.43. The first kappa shape index (κ1) is 29.8. The Hall–Kier alpha value is -4.91. The van der Waals surface area contributed by atoms with Crippen LogP contribution in [0.1, 0.15) is 13.8 Å². The smallest absolute Gasteiger partial charge is 0.314 e. The van der Waals surface area contributed by atoms with E-state index >= 15 is 0 Å². The highest BCUT2D eigenvalue weighted by Crippen LogP contribution is 2.44. The molecule has 226 valence electrons. The van der Waals surface area contributed by atoms with Gasteiger partial charge >= 0.3 is 16.6 Å². The SMILES string of the molecule is CC[Si](Oc1c2ccccc2c(O[Si](CC)(c2ccccc2)c2ccccc2)c2ccccc12)(c1ccccc1)c1ccccc1. The molecule has 0 atom stereocenters. The monoisotopic (exact) mass is 630 g/mol. The summed E-state index contributed by atoms with van der Waals surface area (Å²) in [5.74, 6) is 1.87. The minimum absolute atomic E-state index is 0.899. The van der Waals surface area contributed by atoms with E-state index in [-0.39, 0.29) is 0 Å². The molecule has 0 radical (unpaired) electrons. The van der Waals surface area contributed by atoms with Gasteiger partial charge in [-0.25, -0.2) is 0 Å². The van der Waals surface area contributed by atoms with Gasteiger partial charge in [0.05, 0.1) is 0 Å². The van der Waals surface area contributed by atoms with Gasteiger partial charge in [-0.05, 0) is 32.8 Å². The van der Waals surface area contributed by atoms with Gasteiger partial charge in [0.25, 0.3) is 0 Å². The minimum atomic E-state index is -2.71. The molecule has 0 bridgehead atoms. The van der Waals surface area contributed by atoms with Crippen LogP contribution in [0.3, 0.4) is 0 Å². The van der Waals surface area contributed by atoms with E-state index in [0.29, 0.717) is 0 Å². The number of hydrogen-bond acceptors (Lipinski definition) is 2. The maximum absolute atomic E-state index is 7.63. The van der Waals surface area contributed by atoms with Crippen molar-refractivity contribution in [1.82, 2.24) is 0 Å². The Morgan fingerprint density at radius 3 is 0.761 bits per heavy atom. The van der Waals surface area contributed by atoms with Crippen LogP contribution >= 0.6 is 0 Å². The average molecular weight is 631 g/mol. The van der Waals surface area contributed by atoms with E-state index in [2.05, 4.69) is 184 Å². The lowest BCUT2D eigenvalue weighted by Crippen LogP contribution is -2.63. The Kier molecular flexibility index (Phi) is 8.31. The van der Waals surface area contributed by atoms with Crippen molar-refractivity contribution in [2.45, 2.75) is 25.9 Å². The topological polar surface area (TPSA) is 18.5 Å². The molecule has 0 unspecified atom stereocenters.